The number of carbonyl (C=O) groups excluding carboxylic acids is 3. The third kappa shape index (κ3) is 5.06. The third-order valence-electron chi connectivity index (χ3n) is 14.7. The van der Waals surface area contributed by atoms with Gasteiger partial charge in [-0.3, -0.25) is 14.4 Å². The van der Waals surface area contributed by atoms with Crippen LogP contribution in [0.15, 0.2) is 35.9 Å². The molecule has 8 heteroatoms. The van der Waals surface area contributed by atoms with Crippen molar-refractivity contribution in [1.82, 2.24) is 10.6 Å². The van der Waals surface area contributed by atoms with Gasteiger partial charge in [-0.25, -0.2) is 8.78 Å². The van der Waals surface area contributed by atoms with Gasteiger partial charge in [-0.15, -0.1) is 0 Å². The Labute approximate surface area is 290 Å². The van der Waals surface area contributed by atoms with Crippen molar-refractivity contribution in [2.75, 3.05) is 13.1 Å². The number of fused-ring (bicyclic) bond motifs is 7. The number of hydrogen-bond donors (Lipinski definition) is 2. The SMILES string of the molecule is C=C1C[C@]2(C)[C@H]3CC=C4[C@@H]5CC(C)(C)CC[C@]5(C(=O)NCCNC(=O)c5cc(F)c(Cl)cc5F)CC[C@@]4(C)[C@]3(C)CC[C@H]2C(C)(C)C1=O. The Bertz CT molecular complexity index is 1620. The van der Waals surface area contributed by atoms with Crippen LogP contribution in [0.25, 0.3) is 0 Å². The molecule has 0 bridgehead atoms. The molecule has 0 unspecified atom stereocenters. The molecule has 2 N–H and O–H groups in total. The van der Waals surface area contributed by atoms with Crippen LogP contribution < -0.4 is 10.6 Å². The van der Waals surface area contributed by atoms with Crippen molar-refractivity contribution in [1.29, 1.82) is 0 Å². The van der Waals surface area contributed by atoms with E-state index in [-0.39, 0.29) is 57.4 Å². The second kappa shape index (κ2) is 11.5. The van der Waals surface area contributed by atoms with E-state index in [2.05, 4.69) is 71.8 Å². The van der Waals surface area contributed by atoms with Gasteiger partial charge in [-0.2, -0.15) is 0 Å². The highest BCUT2D eigenvalue weighted by Gasteiger charge is 2.69. The zero-order valence-electron chi connectivity index (χ0n) is 29.8. The van der Waals surface area contributed by atoms with Gasteiger partial charge in [-0.05, 0) is 115 Å². The van der Waals surface area contributed by atoms with Gasteiger partial charge in [0.2, 0.25) is 5.91 Å². The second-order valence-corrected chi connectivity index (χ2v) is 18.4. The lowest BCUT2D eigenvalue weighted by molar-refractivity contribution is -0.179. The minimum atomic E-state index is -0.899. The Hall–Kier alpha value is -2.54. The Kier molecular flexibility index (Phi) is 8.45. The lowest BCUT2D eigenvalue weighted by Crippen LogP contribution is -2.65. The van der Waals surface area contributed by atoms with Crippen LogP contribution in [-0.2, 0) is 9.59 Å². The monoisotopic (exact) mass is 682 g/mol. The van der Waals surface area contributed by atoms with Crippen LogP contribution in [0.5, 0.6) is 0 Å². The summed E-state index contributed by atoms with van der Waals surface area (Å²) >= 11 is 5.63. The van der Waals surface area contributed by atoms with Gasteiger partial charge in [0.15, 0.2) is 5.78 Å². The normalized spacial score (nSPS) is 38.0. The molecule has 5 nitrogen and oxygen atoms in total. The maximum Gasteiger partial charge on any atom is 0.254 e. The third-order valence-corrected chi connectivity index (χ3v) is 15.0. The van der Waals surface area contributed by atoms with Gasteiger partial charge in [-0.1, -0.05) is 78.3 Å². The van der Waals surface area contributed by atoms with Gasteiger partial charge in [0.1, 0.15) is 11.6 Å². The average molecular weight is 683 g/mol. The summed E-state index contributed by atoms with van der Waals surface area (Å²) in [7, 11) is 0. The number of allylic oxidation sites excluding steroid dienone is 3. The number of benzene rings is 1. The van der Waals surface area contributed by atoms with Gasteiger partial charge in [0.05, 0.1) is 16.0 Å². The van der Waals surface area contributed by atoms with Gasteiger partial charge in [0.25, 0.3) is 5.91 Å². The first-order valence-corrected chi connectivity index (χ1v) is 18.3. The van der Waals surface area contributed by atoms with E-state index in [9.17, 15) is 23.2 Å². The number of Topliss-reactive ketones (excluding diaryl/α,β-unsaturated/α-hetero) is 1. The molecule has 7 atom stereocenters. The van der Waals surface area contributed by atoms with Crippen LogP contribution in [0.3, 0.4) is 0 Å². The first-order valence-electron chi connectivity index (χ1n) is 17.9. The van der Waals surface area contributed by atoms with Crippen LogP contribution in [0.1, 0.15) is 117 Å². The molecule has 0 saturated heterocycles. The number of carbonyl (C=O) groups is 3. The molecule has 1 aromatic carbocycles. The fraction of sp³-hybridized carbons (Fsp3) is 0.675. The molecule has 0 radical (unpaired) electrons. The zero-order valence-corrected chi connectivity index (χ0v) is 30.6. The first-order chi connectivity index (χ1) is 22.2. The average Bonchev–Trinajstić information content (AvgIpc) is 2.99. The highest BCUT2D eigenvalue weighted by Crippen LogP contribution is 2.75. The predicted molar refractivity (Wildman–Crippen MR) is 185 cm³/mol. The molecule has 4 fully saturated rings. The van der Waals surface area contributed by atoms with Crippen molar-refractivity contribution < 1.29 is 23.2 Å². The van der Waals surface area contributed by atoms with Crippen molar-refractivity contribution in [2.24, 2.45) is 50.2 Å². The second-order valence-electron chi connectivity index (χ2n) is 18.0. The smallest absolute Gasteiger partial charge is 0.254 e. The van der Waals surface area contributed by atoms with Crippen molar-refractivity contribution in [3.05, 3.63) is 58.2 Å². The summed E-state index contributed by atoms with van der Waals surface area (Å²) in [5, 5.41) is 5.36. The summed E-state index contributed by atoms with van der Waals surface area (Å²) in [6.07, 6.45) is 10.8. The maximum absolute atomic E-state index is 14.3. The molecule has 6 rings (SSSR count). The highest BCUT2D eigenvalue weighted by molar-refractivity contribution is 6.30. The highest BCUT2D eigenvalue weighted by atomic mass is 35.5. The molecule has 262 valence electrons. The van der Waals surface area contributed by atoms with Gasteiger partial charge < -0.3 is 10.6 Å². The molecule has 5 aliphatic carbocycles. The number of halogens is 3. The fourth-order valence-electron chi connectivity index (χ4n) is 11.9. The molecule has 5 aliphatic rings. The largest absolute Gasteiger partial charge is 0.354 e. The van der Waals surface area contributed by atoms with Gasteiger partial charge in [0, 0.05) is 18.5 Å². The summed E-state index contributed by atoms with van der Waals surface area (Å²) < 4.78 is 28.2. The van der Waals surface area contributed by atoms with Crippen molar-refractivity contribution in [2.45, 2.75) is 106 Å². The fourth-order valence-corrected chi connectivity index (χ4v) is 12.1. The summed E-state index contributed by atoms with van der Waals surface area (Å²) in [5.41, 5.74) is 0.913. The summed E-state index contributed by atoms with van der Waals surface area (Å²) in [6.45, 7) is 20.9. The minimum absolute atomic E-state index is 0.0184. The number of nitrogens with one attached hydrogen (secondary N) is 2. The topological polar surface area (TPSA) is 75.3 Å². The Balaban J connectivity index is 1.24. The van der Waals surface area contributed by atoms with Crippen LogP contribution in [-0.4, -0.2) is 30.7 Å². The van der Waals surface area contributed by atoms with Crippen molar-refractivity contribution in [3.8, 4) is 0 Å². The first kappa shape index (κ1) is 35.3. The van der Waals surface area contributed by atoms with Crippen LogP contribution >= 0.6 is 11.6 Å². The van der Waals surface area contributed by atoms with E-state index >= 15 is 0 Å². The molecule has 2 amide bonds. The van der Waals surface area contributed by atoms with E-state index in [1.807, 2.05) is 0 Å². The van der Waals surface area contributed by atoms with E-state index in [4.69, 9.17) is 11.6 Å². The molecule has 0 aliphatic heterocycles. The van der Waals surface area contributed by atoms with Crippen LogP contribution in [0.2, 0.25) is 5.02 Å². The van der Waals surface area contributed by atoms with Gasteiger partial charge >= 0.3 is 0 Å². The molecular formula is C40H53ClF2N2O3. The zero-order chi connectivity index (χ0) is 35.2. The van der Waals surface area contributed by atoms with Crippen LogP contribution in [0, 0.1) is 61.9 Å². The van der Waals surface area contributed by atoms with Crippen LogP contribution in [0.4, 0.5) is 8.78 Å². The Morgan fingerprint density at radius 3 is 2.29 bits per heavy atom. The number of hydrogen-bond acceptors (Lipinski definition) is 3. The molecule has 0 heterocycles. The molecule has 0 aromatic heterocycles. The molecule has 4 saturated carbocycles. The lowest BCUT2D eigenvalue weighted by atomic mass is 9.33. The molecule has 48 heavy (non-hydrogen) atoms. The lowest BCUT2D eigenvalue weighted by Gasteiger charge is -2.70. The van der Waals surface area contributed by atoms with E-state index < -0.39 is 33.9 Å². The standard InChI is InChI=1S/C40H53ClF2N2O3/c1-23-21-37(6)30(36(4,5)32(23)46)11-12-39(8)31(37)10-9-25-26-22-35(2,3)13-15-40(26,16-14-38(25,39)7)34(48)45-18-17-44-33(47)24-19-29(43)27(41)20-28(24)42/h9,19-20,26,30-31H,1,10-18,21-22H2,2-8H3,(H,44,47)(H,45,48)/t26-,30-,31+,37-,38+,39+,40-/m0/s1. The predicted octanol–water partition coefficient (Wildman–Crippen LogP) is 9.00. The summed E-state index contributed by atoms with van der Waals surface area (Å²) in [4.78, 5) is 40.2. The minimum Gasteiger partial charge on any atom is -0.354 e. The van der Waals surface area contributed by atoms with E-state index in [1.165, 1.54) is 5.57 Å². The number of ketones is 1. The molecular weight excluding hydrogens is 630 g/mol. The van der Waals surface area contributed by atoms with E-state index in [1.54, 1.807) is 0 Å². The quantitative estimate of drug-likeness (QED) is 0.141. The number of rotatable bonds is 5. The maximum atomic E-state index is 14.3. The Morgan fingerprint density at radius 2 is 1.58 bits per heavy atom. The molecule has 0 spiro atoms. The molecule has 1 aromatic rings. The van der Waals surface area contributed by atoms with E-state index in [0.29, 0.717) is 11.8 Å². The Morgan fingerprint density at radius 1 is 0.917 bits per heavy atom. The van der Waals surface area contributed by atoms with Crippen molar-refractivity contribution in [3.63, 3.8) is 0 Å². The summed E-state index contributed by atoms with van der Waals surface area (Å²) in [5.74, 6) is -1.42. The summed E-state index contributed by atoms with van der Waals surface area (Å²) in [6, 6.07) is 1.58. The van der Waals surface area contributed by atoms with Crippen molar-refractivity contribution >= 4 is 29.2 Å². The van der Waals surface area contributed by atoms with E-state index in [0.717, 1.165) is 75.5 Å². The number of amides is 2.